The fraction of sp³-hybridized carbons (Fsp3) is 0.286. The number of benzene rings is 1. The summed E-state index contributed by atoms with van der Waals surface area (Å²) in [4.78, 5) is 8.54. The molecular formula is C14H16BrN3O. The van der Waals surface area contributed by atoms with Crippen LogP contribution in [-0.4, -0.2) is 16.5 Å². The van der Waals surface area contributed by atoms with Crippen LogP contribution in [0.4, 0.5) is 0 Å². The van der Waals surface area contributed by atoms with Crippen molar-refractivity contribution in [3.63, 3.8) is 0 Å². The number of rotatable bonds is 5. The first-order valence-corrected chi connectivity index (χ1v) is 6.94. The van der Waals surface area contributed by atoms with E-state index in [1.165, 1.54) is 5.56 Å². The average Bonchev–Trinajstić information content (AvgIpc) is 2.41. The standard InChI is InChI=1S/C14H16BrN3O/c1-3-16-7-11-8-18-14(9-17-11)19-13-5-4-10(2)6-12(13)15/h4-6,8-9,16H,3,7H2,1-2H3. The van der Waals surface area contributed by atoms with Gasteiger partial charge in [0.25, 0.3) is 0 Å². The van der Waals surface area contributed by atoms with Gasteiger partial charge in [-0.05, 0) is 47.1 Å². The van der Waals surface area contributed by atoms with Crippen LogP contribution < -0.4 is 10.1 Å². The topological polar surface area (TPSA) is 47.0 Å². The maximum atomic E-state index is 5.68. The van der Waals surface area contributed by atoms with Crippen LogP contribution in [0.3, 0.4) is 0 Å². The van der Waals surface area contributed by atoms with Gasteiger partial charge >= 0.3 is 0 Å². The fourth-order valence-electron chi connectivity index (χ4n) is 1.54. The van der Waals surface area contributed by atoms with Crippen LogP contribution in [0.1, 0.15) is 18.2 Å². The largest absolute Gasteiger partial charge is 0.436 e. The second kappa shape index (κ2) is 6.63. The molecule has 0 aliphatic carbocycles. The lowest BCUT2D eigenvalue weighted by molar-refractivity contribution is 0.456. The van der Waals surface area contributed by atoms with Crippen molar-refractivity contribution in [2.45, 2.75) is 20.4 Å². The lowest BCUT2D eigenvalue weighted by Gasteiger charge is -2.07. The fourth-order valence-corrected chi connectivity index (χ4v) is 2.12. The lowest BCUT2D eigenvalue weighted by atomic mass is 10.2. The first kappa shape index (κ1) is 14.0. The van der Waals surface area contributed by atoms with Gasteiger partial charge in [-0.2, -0.15) is 0 Å². The van der Waals surface area contributed by atoms with E-state index in [4.69, 9.17) is 4.74 Å². The second-order valence-corrected chi connectivity index (χ2v) is 5.02. The van der Waals surface area contributed by atoms with Crippen molar-refractivity contribution in [1.29, 1.82) is 0 Å². The van der Waals surface area contributed by atoms with E-state index in [2.05, 4.69) is 38.1 Å². The minimum atomic E-state index is 0.491. The number of nitrogens with one attached hydrogen (secondary N) is 1. The van der Waals surface area contributed by atoms with E-state index >= 15 is 0 Å². The van der Waals surface area contributed by atoms with Crippen molar-refractivity contribution in [3.8, 4) is 11.6 Å². The number of aromatic nitrogens is 2. The van der Waals surface area contributed by atoms with Crippen LogP contribution in [-0.2, 0) is 6.54 Å². The summed E-state index contributed by atoms with van der Waals surface area (Å²) >= 11 is 3.47. The molecule has 1 aromatic carbocycles. The van der Waals surface area contributed by atoms with Gasteiger partial charge in [-0.3, -0.25) is 4.98 Å². The molecule has 0 unspecified atom stereocenters. The summed E-state index contributed by atoms with van der Waals surface area (Å²) < 4.78 is 6.59. The van der Waals surface area contributed by atoms with Crippen LogP contribution in [0.15, 0.2) is 35.1 Å². The van der Waals surface area contributed by atoms with Crippen LogP contribution in [0.25, 0.3) is 0 Å². The number of nitrogens with zero attached hydrogens (tertiary/aromatic N) is 2. The summed E-state index contributed by atoms with van der Waals surface area (Å²) in [6.45, 7) is 5.72. The first-order chi connectivity index (χ1) is 9.19. The van der Waals surface area contributed by atoms with Crippen molar-refractivity contribution >= 4 is 15.9 Å². The Hall–Kier alpha value is -1.46. The van der Waals surface area contributed by atoms with Gasteiger partial charge in [0.15, 0.2) is 0 Å². The van der Waals surface area contributed by atoms with Gasteiger partial charge in [0.1, 0.15) is 5.75 Å². The predicted octanol–water partition coefficient (Wildman–Crippen LogP) is 3.45. The zero-order chi connectivity index (χ0) is 13.7. The van der Waals surface area contributed by atoms with Gasteiger partial charge < -0.3 is 10.1 Å². The Morgan fingerprint density at radius 1 is 1.26 bits per heavy atom. The predicted molar refractivity (Wildman–Crippen MR) is 78.4 cm³/mol. The molecule has 1 N–H and O–H groups in total. The van der Waals surface area contributed by atoms with Crippen molar-refractivity contribution in [1.82, 2.24) is 15.3 Å². The van der Waals surface area contributed by atoms with Crippen LogP contribution >= 0.6 is 15.9 Å². The van der Waals surface area contributed by atoms with E-state index in [1.807, 2.05) is 25.1 Å². The Morgan fingerprint density at radius 2 is 2.11 bits per heavy atom. The Balaban J connectivity index is 2.06. The van der Waals surface area contributed by atoms with Gasteiger partial charge in [-0.25, -0.2) is 4.98 Å². The quantitative estimate of drug-likeness (QED) is 0.916. The second-order valence-electron chi connectivity index (χ2n) is 4.16. The molecule has 19 heavy (non-hydrogen) atoms. The van der Waals surface area contributed by atoms with Gasteiger partial charge in [0.2, 0.25) is 5.88 Å². The third-order valence-corrected chi connectivity index (χ3v) is 3.16. The van der Waals surface area contributed by atoms with Crippen molar-refractivity contribution in [2.75, 3.05) is 6.54 Å². The third-order valence-electron chi connectivity index (χ3n) is 2.54. The average molecular weight is 322 g/mol. The summed E-state index contributed by atoms with van der Waals surface area (Å²) in [6.07, 6.45) is 3.36. The highest BCUT2D eigenvalue weighted by atomic mass is 79.9. The maximum Gasteiger partial charge on any atom is 0.237 e. The molecule has 100 valence electrons. The molecule has 0 aliphatic heterocycles. The molecule has 0 aliphatic rings. The van der Waals surface area contributed by atoms with Gasteiger partial charge in [0, 0.05) is 6.54 Å². The summed E-state index contributed by atoms with van der Waals surface area (Å²) in [5.41, 5.74) is 2.07. The molecule has 5 heteroatoms. The highest BCUT2D eigenvalue weighted by Gasteiger charge is 2.04. The number of hydrogen-bond acceptors (Lipinski definition) is 4. The molecule has 0 saturated heterocycles. The summed E-state index contributed by atoms with van der Waals surface area (Å²) in [5.74, 6) is 1.23. The highest BCUT2D eigenvalue weighted by Crippen LogP contribution is 2.29. The minimum Gasteiger partial charge on any atom is -0.436 e. The van der Waals surface area contributed by atoms with E-state index in [0.717, 1.165) is 29.0 Å². The van der Waals surface area contributed by atoms with E-state index in [0.29, 0.717) is 5.88 Å². The molecule has 0 radical (unpaired) electrons. The number of halogens is 1. The first-order valence-electron chi connectivity index (χ1n) is 6.14. The lowest BCUT2D eigenvalue weighted by Crippen LogP contribution is -2.13. The molecule has 0 spiro atoms. The number of aryl methyl sites for hydroxylation is 1. The molecule has 1 aromatic heterocycles. The SMILES string of the molecule is CCNCc1cnc(Oc2ccc(C)cc2Br)cn1. The molecule has 0 atom stereocenters. The molecule has 4 nitrogen and oxygen atoms in total. The van der Waals surface area contributed by atoms with Gasteiger partial charge in [0.05, 0.1) is 22.6 Å². The normalized spacial score (nSPS) is 10.5. The number of hydrogen-bond donors (Lipinski definition) is 1. The van der Waals surface area contributed by atoms with Crippen LogP contribution in [0, 0.1) is 6.92 Å². The smallest absolute Gasteiger partial charge is 0.237 e. The molecular weight excluding hydrogens is 306 g/mol. The Kier molecular flexibility index (Phi) is 4.87. The number of ether oxygens (including phenoxy) is 1. The summed E-state index contributed by atoms with van der Waals surface area (Å²) in [6, 6.07) is 5.91. The molecule has 2 aromatic rings. The zero-order valence-corrected chi connectivity index (χ0v) is 12.6. The molecule has 2 rings (SSSR count). The molecule has 0 saturated carbocycles. The Morgan fingerprint density at radius 3 is 2.74 bits per heavy atom. The van der Waals surface area contributed by atoms with Crippen LogP contribution in [0.2, 0.25) is 0 Å². The Labute approximate surface area is 121 Å². The monoisotopic (exact) mass is 321 g/mol. The maximum absolute atomic E-state index is 5.68. The molecule has 0 amide bonds. The summed E-state index contributed by atoms with van der Waals surface area (Å²) in [7, 11) is 0. The van der Waals surface area contributed by atoms with E-state index in [1.54, 1.807) is 12.4 Å². The Bertz CT molecular complexity index is 543. The third kappa shape index (κ3) is 4.01. The molecule has 1 heterocycles. The van der Waals surface area contributed by atoms with E-state index < -0.39 is 0 Å². The zero-order valence-electron chi connectivity index (χ0n) is 11.0. The van der Waals surface area contributed by atoms with Crippen LogP contribution in [0.5, 0.6) is 11.6 Å². The van der Waals surface area contributed by atoms with Gasteiger partial charge in [-0.15, -0.1) is 0 Å². The van der Waals surface area contributed by atoms with Crippen molar-refractivity contribution in [2.24, 2.45) is 0 Å². The van der Waals surface area contributed by atoms with E-state index in [9.17, 15) is 0 Å². The molecule has 0 fully saturated rings. The summed E-state index contributed by atoms with van der Waals surface area (Å²) in [5, 5.41) is 3.20. The van der Waals surface area contributed by atoms with Gasteiger partial charge in [-0.1, -0.05) is 13.0 Å². The van der Waals surface area contributed by atoms with Crippen molar-refractivity contribution in [3.05, 3.63) is 46.3 Å². The molecule has 0 bridgehead atoms. The minimum absolute atomic E-state index is 0.491. The van der Waals surface area contributed by atoms with E-state index in [-0.39, 0.29) is 0 Å². The highest BCUT2D eigenvalue weighted by molar-refractivity contribution is 9.10. The van der Waals surface area contributed by atoms with Crippen molar-refractivity contribution < 1.29 is 4.74 Å².